The number of carbonyl (C=O) groups excluding carboxylic acids is 1. The molecule has 18 heavy (non-hydrogen) atoms. The summed E-state index contributed by atoms with van der Waals surface area (Å²) in [6.45, 7) is 12.2. The highest BCUT2D eigenvalue weighted by Gasteiger charge is 2.20. The molecule has 0 aromatic carbocycles. The van der Waals surface area contributed by atoms with Crippen LogP contribution in [0.3, 0.4) is 0 Å². The zero-order chi connectivity index (χ0) is 13.5. The van der Waals surface area contributed by atoms with Crippen LogP contribution < -0.4 is 10.6 Å². The van der Waals surface area contributed by atoms with E-state index in [1.165, 1.54) is 6.42 Å². The lowest BCUT2D eigenvalue weighted by Crippen LogP contribution is -2.53. The number of hydrogen-bond acceptors (Lipinski definition) is 3. The molecule has 4 heteroatoms. The minimum absolute atomic E-state index is 0.167. The number of nitrogens with one attached hydrogen (secondary N) is 2. The molecule has 1 aliphatic rings. The number of amides is 1. The van der Waals surface area contributed by atoms with Crippen LogP contribution in [0.15, 0.2) is 0 Å². The quantitative estimate of drug-likeness (QED) is 0.750. The summed E-state index contributed by atoms with van der Waals surface area (Å²) in [5.41, 5.74) is 0. The second-order valence-corrected chi connectivity index (χ2v) is 5.96. The number of carbonyl (C=O) groups is 1. The highest BCUT2D eigenvalue weighted by molar-refractivity contribution is 5.78. The van der Waals surface area contributed by atoms with Gasteiger partial charge in [0.2, 0.25) is 5.91 Å². The van der Waals surface area contributed by atoms with E-state index in [9.17, 15) is 4.79 Å². The molecule has 1 fully saturated rings. The predicted octanol–water partition coefficient (Wildman–Crippen LogP) is 1.22. The van der Waals surface area contributed by atoms with E-state index >= 15 is 0 Å². The van der Waals surface area contributed by atoms with Gasteiger partial charge in [0, 0.05) is 31.7 Å². The highest BCUT2D eigenvalue weighted by Crippen LogP contribution is 2.07. The number of rotatable bonds is 6. The monoisotopic (exact) mass is 255 g/mol. The summed E-state index contributed by atoms with van der Waals surface area (Å²) in [7, 11) is 0. The lowest BCUT2D eigenvalue weighted by atomic mass is 10.0. The molecule has 1 saturated heterocycles. The molecule has 0 bridgehead atoms. The van der Waals surface area contributed by atoms with E-state index in [0.29, 0.717) is 18.5 Å². The van der Waals surface area contributed by atoms with Gasteiger partial charge < -0.3 is 10.6 Å². The summed E-state index contributed by atoms with van der Waals surface area (Å²) in [5, 5.41) is 6.44. The number of hydrogen-bond donors (Lipinski definition) is 2. The normalized spacial score (nSPS) is 23.1. The fourth-order valence-corrected chi connectivity index (χ4v) is 2.28. The second-order valence-electron chi connectivity index (χ2n) is 5.96. The van der Waals surface area contributed by atoms with Crippen LogP contribution in [-0.2, 0) is 4.79 Å². The fourth-order valence-electron chi connectivity index (χ4n) is 2.28. The first-order valence-electron chi connectivity index (χ1n) is 7.23. The van der Waals surface area contributed by atoms with Crippen molar-refractivity contribution in [3.63, 3.8) is 0 Å². The molecule has 0 aliphatic carbocycles. The maximum Gasteiger partial charge on any atom is 0.234 e. The minimum atomic E-state index is 0.167. The van der Waals surface area contributed by atoms with Crippen molar-refractivity contribution >= 4 is 5.91 Å². The summed E-state index contributed by atoms with van der Waals surface area (Å²) in [6.07, 6.45) is 2.24. The molecule has 0 spiro atoms. The van der Waals surface area contributed by atoms with E-state index in [2.05, 4.69) is 43.2 Å². The average Bonchev–Trinajstić information content (AvgIpc) is 2.29. The van der Waals surface area contributed by atoms with Crippen molar-refractivity contribution in [2.24, 2.45) is 5.92 Å². The van der Waals surface area contributed by atoms with Gasteiger partial charge in [-0.1, -0.05) is 13.8 Å². The van der Waals surface area contributed by atoms with Crippen molar-refractivity contribution in [3.8, 4) is 0 Å². The van der Waals surface area contributed by atoms with Crippen LogP contribution in [0.2, 0.25) is 0 Å². The van der Waals surface area contributed by atoms with Crippen LogP contribution in [0.5, 0.6) is 0 Å². The van der Waals surface area contributed by atoms with E-state index in [-0.39, 0.29) is 11.9 Å². The highest BCUT2D eigenvalue weighted by atomic mass is 16.2. The summed E-state index contributed by atoms with van der Waals surface area (Å²) in [4.78, 5) is 14.2. The molecular formula is C14H29N3O. The molecular weight excluding hydrogens is 226 g/mol. The molecule has 4 nitrogen and oxygen atoms in total. The number of piperazine rings is 1. The zero-order valence-electron chi connectivity index (χ0n) is 12.3. The van der Waals surface area contributed by atoms with E-state index in [1.54, 1.807) is 0 Å². The van der Waals surface area contributed by atoms with Gasteiger partial charge in [-0.2, -0.15) is 0 Å². The molecule has 1 amide bonds. The Morgan fingerprint density at radius 3 is 2.72 bits per heavy atom. The van der Waals surface area contributed by atoms with Crippen molar-refractivity contribution in [2.75, 3.05) is 26.2 Å². The summed E-state index contributed by atoms with van der Waals surface area (Å²) >= 11 is 0. The number of nitrogens with zero attached hydrogens (tertiary/aromatic N) is 1. The van der Waals surface area contributed by atoms with Crippen molar-refractivity contribution in [3.05, 3.63) is 0 Å². The van der Waals surface area contributed by atoms with E-state index in [0.717, 1.165) is 26.1 Å². The Morgan fingerprint density at radius 1 is 1.39 bits per heavy atom. The molecule has 2 N–H and O–H groups in total. The first-order valence-corrected chi connectivity index (χ1v) is 7.23. The van der Waals surface area contributed by atoms with E-state index in [1.807, 2.05) is 0 Å². The molecule has 106 valence electrons. The second kappa shape index (κ2) is 7.74. The molecule has 0 saturated carbocycles. The third kappa shape index (κ3) is 5.83. The summed E-state index contributed by atoms with van der Waals surface area (Å²) in [6, 6.07) is 0.744. The Bertz CT molecular complexity index is 255. The smallest absolute Gasteiger partial charge is 0.234 e. The Balaban J connectivity index is 2.23. The van der Waals surface area contributed by atoms with Gasteiger partial charge in [-0.25, -0.2) is 0 Å². The zero-order valence-corrected chi connectivity index (χ0v) is 12.3. The Hall–Kier alpha value is -0.610. The van der Waals surface area contributed by atoms with Gasteiger partial charge in [0.05, 0.1) is 6.54 Å². The minimum Gasteiger partial charge on any atom is -0.353 e. The fraction of sp³-hybridized carbons (Fsp3) is 0.929. The average molecular weight is 255 g/mol. The predicted molar refractivity (Wildman–Crippen MR) is 75.6 cm³/mol. The largest absolute Gasteiger partial charge is 0.353 e. The van der Waals surface area contributed by atoms with Crippen molar-refractivity contribution in [1.29, 1.82) is 0 Å². The van der Waals surface area contributed by atoms with E-state index < -0.39 is 0 Å². The Labute approximate surface area is 111 Å². The molecule has 1 heterocycles. The molecule has 0 aromatic rings. The van der Waals surface area contributed by atoms with Crippen LogP contribution in [0.1, 0.15) is 40.5 Å². The standard InChI is InChI=1S/C14H29N3O/c1-11(2)5-6-12(3)16-14(18)10-17-8-7-15-9-13(17)4/h11-13,15H,5-10H2,1-4H3,(H,16,18)/t12?,13-/m1/s1. The molecule has 0 aromatic heterocycles. The van der Waals surface area contributed by atoms with Crippen LogP contribution >= 0.6 is 0 Å². The molecule has 1 unspecified atom stereocenters. The topological polar surface area (TPSA) is 44.4 Å². The SMILES string of the molecule is CC(C)CCC(C)NC(=O)CN1CCNC[C@H]1C. The van der Waals surface area contributed by atoms with Crippen LogP contribution in [0.25, 0.3) is 0 Å². The van der Waals surface area contributed by atoms with Crippen LogP contribution in [-0.4, -0.2) is 49.1 Å². The third-order valence-electron chi connectivity index (χ3n) is 3.57. The molecule has 2 atom stereocenters. The van der Waals surface area contributed by atoms with Gasteiger partial charge in [0.25, 0.3) is 0 Å². The maximum atomic E-state index is 11.9. The Kier molecular flexibility index (Phi) is 6.65. The van der Waals surface area contributed by atoms with Crippen LogP contribution in [0.4, 0.5) is 0 Å². The van der Waals surface area contributed by atoms with Gasteiger partial charge >= 0.3 is 0 Å². The van der Waals surface area contributed by atoms with Gasteiger partial charge in [-0.15, -0.1) is 0 Å². The van der Waals surface area contributed by atoms with Crippen LogP contribution in [0, 0.1) is 5.92 Å². The van der Waals surface area contributed by atoms with E-state index in [4.69, 9.17) is 0 Å². The Morgan fingerprint density at radius 2 is 2.11 bits per heavy atom. The first kappa shape index (κ1) is 15.4. The first-order chi connectivity index (χ1) is 8.49. The summed E-state index contributed by atoms with van der Waals surface area (Å²) < 4.78 is 0. The molecule has 1 aliphatic heterocycles. The van der Waals surface area contributed by atoms with Gasteiger partial charge in [0.15, 0.2) is 0 Å². The van der Waals surface area contributed by atoms with Gasteiger partial charge in [-0.05, 0) is 32.6 Å². The lowest BCUT2D eigenvalue weighted by molar-refractivity contribution is -0.123. The molecule has 1 rings (SSSR count). The summed E-state index contributed by atoms with van der Waals surface area (Å²) in [5.74, 6) is 0.873. The molecule has 0 radical (unpaired) electrons. The lowest BCUT2D eigenvalue weighted by Gasteiger charge is -2.33. The maximum absolute atomic E-state index is 11.9. The van der Waals surface area contributed by atoms with Gasteiger partial charge in [0.1, 0.15) is 0 Å². The third-order valence-corrected chi connectivity index (χ3v) is 3.57. The van der Waals surface area contributed by atoms with Gasteiger partial charge in [-0.3, -0.25) is 9.69 Å². The van der Waals surface area contributed by atoms with Crippen molar-refractivity contribution in [1.82, 2.24) is 15.5 Å². The van der Waals surface area contributed by atoms with Crippen molar-refractivity contribution < 1.29 is 4.79 Å². The van der Waals surface area contributed by atoms with Crippen molar-refractivity contribution in [2.45, 2.75) is 52.6 Å².